The van der Waals surface area contributed by atoms with Gasteiger partial charge in [0.25, 0.3) is 0 Å². The summed E-state index contributed by atoms with van der Waals surface area (Å²) < 4.78 is 5.37. The number of amides is 1. The average molecular weight is 235 g/mol. The van der Waals surface area contributed by atoms with Crippen LogP contribution in [0.4, 0.5) is 0 Å². The number of carbonyl (C=O) groups excluding carboxylic acids is 1. The van der Waals surface area contributed by atoms with Crippen LogP contribution in [-0.2, 0) is 4.79 Å². The topological polar surface area (TPSA) is 72.6 Å². The van der Waals surface area contributed by atoms with E-state index in [1.807, 2.05) is 30.3 Å². The molecule has 92 valence electrons. The molecule has 1 amide bonds. The molecule has 4 heteroatoms. The van der Waals surface area contributed by atoms with Gasteiger partial charge in [0.15, 0.2) is 0 Å². The van der Waals surface area contributed by atoms with Crippen LogP contribution in [0.1, 0.15) is 13.3 Å². The Balaban J connectivity index is 2.33. The van der Waals surface area contributed by atoms with Crippen molar-refractivity contribution in [2.75, 3.05) is 6.61 Å². The molecule has 0 spiro atoms. The fourth-order valence-corrected chi connectivity index (χ4v) is 1.19. The van der Waals surface area contributed by atoms with E-state index in [1.54, 1.807) is 13.0 Å². The number of hydrogen-bond donors (Lipinski definition) is 2. The Hall–Kier alpha value is -1.81. The molecule has 0 aromatic heterocycles. The fourth-order valence-electron chi connectivity index (χ4n) is 1.19. The minimum atomic E-state index is -0.649. The standard InChI is InChI=1S/C13H17NO3/c1-10(13(14)16)7-8-11(15)9-17-12-5-3-2-4-6-12/h2-7,11,15H,8-9H2,1H3,(H2,14,16). The molecule has 0 aliphatic carbocycles. The molecule has 0 radical (unpaired) electrons. The molecule has 0 heterocycles. The highest BCUT2D eigenvalue weighted by Gasteiger charge is 2.05. The van der Waals surface area contributed by atoms with Crippen LogP contribution in [0.15, 0.2) is 42.0 Å². The average Bonchev–Trinajstić information content (AvgIpc) is 2.34. The summed E-state index contributed by atoms with van der Waals surface area (Å²) in [7, 11) is 0. The lowest BCUT2D eigenvalue weighted by Gasteiger charge is -2.10. The van der Waals surface area contributed by atoms with Gasteiger partial charge in [-0.2, -0.15) is 0 Å². The lowest BCUT2D eigenvalue weighted by molar-refractivity contribution is -0.114. The van der Waals surface area contributed by atoms with Gasteiger partial charge in [-0.05, 0) is 25.5 Å². The Bertz CT molecular complexity index is 387. The largest absolute Gasteiger partial charge is 0.491 e. The first-order chi connectivity index (χ1) is 8.09. The molecule has 3 N–H and O–H groups in total. The van der Waals surface area contributed by atoms with Crippen molar-refractivity contribution >= 4 is 5.91 Å². The zero-order valence-corrected chi connectivity index (χ0v) is 9.80. The summed E-state index contributed by atoms with van der Waals surface area (Å²) in [5, 5.41) is 9.62. The van der Waals surface area contributed by atoms with E-state index in [0.717, 1.165) is 0 Å². The summed E-state index contributed by atoms with van der Waals surface area (Å²) in [6, 6.07) is 9.24. The van der Waals surface area contributed by atoms with Gasteiger partial charge in [0.2, 0.25) is 5.91 Å². The number of aliphatic hydroxyl groups excluding tert-OH is 1. The molecule has 1 aromatic rings. The van der Waals surface area contributed by atoms with Crippen molar-refractivity contribution < 1.29 is 14.6 Å². The molecule has 0 fully saturated rings. The maximum atomic E-state index is 10.7. The van der Waals surface area contributed by atoms with Gasteiger partial charge in [0, 0.05) is 5.57 Å². The van der Waals surface area contributed by atoms with E-state index in [-0.39, 0.29) is 6.61 Å². The summed E-state index contributed by atoms with van der Waals surface area (Å²) in [6.07, 6.45) is 1.31. The SMILES string of the molecule is CC(=CCC(O)COc1ccccc1)C(N)=O. The van der Waals surface area contributed by atoms with Crippen LogP contribution in [0.5, 0.6) is 5.75 Å². The summed E-state index contributed by atoms with van der Waals surface area (Å²) in [4.78, 5) is 10.7. The Kier molecular flexibility index (Phi) is 5.23. The molecule has 0 aliphatic rings. The number of benzene rings is 1. The van der Waals surface area contributed by atoms with Crippen molar-refractivity contribution in [3.05, 3.63) is 42.0 Å². The van der Waals surface area contributed by atoms with Crippen molar-refractivity contribution in [3.8, 4) is 5.75 Å². The Morgan fingerprint density at radius 2 is 2.12 bits per heavy atom. The highest BCUT2D eigenvalue weighted by atomic mass is 16.5. The molecule has 1 aromatic carbocycles. The zero-order chi connectivity index (χ0) is 12.7. The second-order valence-electron chi connectivity index (χ2n) is 3.76. The van der Waals surface area contributed by atoms with E-state index >= 15 is 0 Å². The van der Waals surface area contributed by atoms with Gasteiger partial charge in [-0.15, -0.1) is 0 Å². The van der Waals surface area contributed by atoms with Gasteiger partial charge in [-0.1, -0.05) is 24.3 Å². The van der Waals surface area contributed by atoms with Gasteiger partial charge in [0.05, 0.1) is 6.10 Å². The minimum absolute atomic E-state index is 0.187. The van der Waals surface area contributed by atoms with Crippen LogP contribution in [0.2, 0.25) is 0 Å². The van der Waals surface area contributed by atoms with Gasteiger partial charge in [-0.25, -0.2) is 0 Å². The normalized spacial score (nSPS) is 13.2. The molecule has 1 atom stereocenters. The first kappa shape index (κ1) is 13.3. The quantitative estimate of drug-likeness (QED) is 0.729. The summed E-state index contributed by atoms with van der Waals surface area (Å²) >= 11 is 0. The lowest BCUT2D eigenvalue weighted by Crippen LogP contribution is -2.18. The highest BCUT2D eigenvalue weighted by Crippen LogP contribution is 2.09. The van der Waals surface area contributed by atoms with Crippen LogP contribution in [-0.4, -0.2) is 23.7 Å². The fraction of sp³-hybridized carbons (Fsp3) is 0.308. The van der Waals surface area contributed by atoms with Gasteiger partial charge in [0.1, 0.15) is 12.4 Å². The van der Waals surface area contributed by atoms with Crippen molar-refractivity contribution in [2.45, 2.75) is 19.4 Å². The molecular weight excluding hydrogens is 218 g/mol. The van der Waals surface area contributed by atoms with E-state index < -0.39 is 12.0 Å². The summed E-state index contributed by atoms with van der Waals surface area (Å²) in [5.74, 6) is 0.239. The highest BCUT2D eigenvalue weighted by molar-refractivity contribution is 5.91. The molecule has 0 saturated carbocycles. The molecule has 1 rings (SSSR count). The minimum Gasteiger partial charge on any atom is -0.491 e. The summed E-state index contributed by atoms with van der Waals surface area (Å²) in [5.41, 5.74) is 5.52. The molecule has 17 heavy (non-hydrogen) atoms. The number of rotatable bonds is 6. The Morgan fingerprint density at radius 1 is 1.47 bits per heavy atom. The van der Waals surface area contributed by atoms with Gasteiger partial charge < -0.3 is 15.6 Å². The van der Waals surface area contributed by atoms with E-state index in [0.29, 0.717) is 17.7 Å². The first-order valence-corrected chi connectivity index (χ1v) is 5.42. The van der Waals surface area contributed by atoms with E-state index in [2.05, 4.69) is 0 Å². The molecule has 0 saturated heterocycles. The number of carbonyl (C=O) groups is 1. The first-order valence-electron chi connectivity index (χ1n) is 5.42. The van der Waals surface area contributed by atoms with E-state index in [1.165, 1.54) is 0 Å². The number of ether oxygens (including phenoxy) is 1. The smallest absolute Gasteiger partial charge is 0.244 e. The molecule has 0 bridgehead atoms. The number of para-hydroxylation sites is 1. The second-order valence-corrected chi connectivity index (χ2v) is 3.76. The predicted octanol–water partition coefficient (Wildman–Crippen LogP) is 1.25. The number of nitrogens with two attached hydrogens (primary N) is 1. The van der Waals surface area contributed by atoms with Crippen molar-refractivity contribution in [2.24, 2.45) is 5.73 Å². The maximum absolute atomic E-state index is 10.7. The molecule has 1 unspecified atom stereocenters. The third-order valence-corrected chi connectivity index (χ3v) is 2.27. The monoisotopic (exact) mass is 235 g/mol. The number of aliphatic hydroxyl groups is 1. The van der Waals surface area contributed by atoms with Crippen molar-refractivity contribution in [1.29, 1.82) is 0 Å². The van der Waals surface area contributed by atoms with Gasteiger partial charge >= 0.3 is 0 Å². The van der Waals surface area contributed by atoms with Crippen molar-refractivity contribution in [1.82, 2.24) is 0 Å². The molecular formula is C13H17NO3. The molecule has 4 nitrogen and oxygen atoms in total. The van der Waals surface area contributed by atoms with Gasteiger partial charge in [-0.3, -0.25) is 4.79 Å². The van der Waals surface area contributed by atoms with Crippen molar-refractivity contribution in [3.63, 3.8) is 0 Å². The lowest BCUT2D eigenvalue weighted by atomic mass is 10.2. The number of primary amides is 1. The van der Waals surface area contributed by atoms with Crippen LogP contribution in [0.3, 0.4) is 0 Å². The summed E-state index contributed by atoms with van der Waals surface area (Å²) in [6.45, 7) is 1.81. The molecule has 0 aliphatic heterocycles. The Labute approximate surface area is 101 Å². The third-order valence-electron chi connectivity index (χ3n) is 2.27. The van der Waals surface area contributed by atoms with Crippen LogP contribution < -0.4 is 10.5 Å². The van der Waals surface area contributed by atoms with Crippen LogP contribution in [0, 0.1) is 0 Å². The van der Waals surface area contributed by atoms with Crippen LogP contribution in [0.25, 0.3) is 0 Å². The van der Waals surface area contributed by atoms with E-state index in [9.17, 15) is 9.90 Å². The zero-order valence-electron chi connectivity index (χ0n) is 9.80. The maximum Gasteiger partial charge on any atom is 0.244 e. The third kappa shape index (κ3) is 5.17. The number of hydrogen-bond acceptors (Lipinski definition) is 3. The second kappa shape index (κ2) is 6.70. The van der Waals surface area contributed by atoms with E-state index in [4.69, 9.17) is 10.5 Å². The van der Waals surface area contributed by atoms with Crippen LogP contribution >= 0.6 is 0 Å². The Morgan fingerprint density at radius 3 is 2.71 bits per heavy atom. The predicted molar refractivity (Wildman–Crippen MR) is 65.5 cm³/mol.